The number of hydrogen-bond acceptors (Lipinski definition) is 3. The van der Waals surface area contributed by atoms with Crippen molar-refractivity contribution in [3.05, 3.63) is 48.7 Å². The molecule has 2 aromatic rings. The van der Waals surface area contributed by atoms with Crippen LogP contribution in [0.5, 0.6) is 0 Å². The number of aryl methyl sites for hydroxylation is 1. The van der Waals surface area contributed by atoms with Crippen LogP contribution in [0.4, 0.5) is 5.13 Å². The van der Waals surface area contributed by atoms with Gasteiger partial charge in [-0.25, -0.2) is 4.98 Å². The van der Waals surface area contributed by atoms with E-state index in [1.54, 1.807) is 6.20 Å². The molecule has 1 aromatic heterocycles. The highest BCUT2D eigenvalue weighted by Gasteiger charge is 2.05. The molecule has 0 unspecified atom stereocenters. The summed E-state index contributed by atoms with van der Waals surface area (Å²) in [4.78, 5) is 16.3. The zero-order chi connectivity index (χ0) is 12.3. The Labute approximate surface area is 104 Å². The molecule has 1 amide bonds. The highest BCUT2D eigenvalue weighted by molar-refractivity contribution is 7.19. The van der Waals surface area contributed by atoms with Gasteiger partial charge in [0.1, 0.15) is 0 Å². The number of rotatable bonds is 3. The molecule has 0 aliphatic rings. The first kappa shape index (κ1) is 11.5. The molecule has 17 heavy (non-hydrogen) atoms. The SMILES string of the molecule is C=CC(=O)Nc1ncc(-c2ccc(C)cc2)s1. The lowest BCUT2D eigenvalue weighted by Gasteiger charge is -1.97. The second kappa shape index (κ2) is 4.93. The fourth-order valence-corrected chi connectivity index (χ4v) is 2.16. The third-order valence-corrected chi connectivity index (χ3v) is 3.22. The predicted molar refractivity (Wildman–Crippen MR) is 71.1 cm³/mol. The van der Waals surface area contributed by atoms with Crippen LogP contribution in [0.3, 0.4) is 0 Å². The van der Waals surface area contributed by atoms with Gasteiger partial charge in [0.25, 0.3) is 0 Å². The summed E-state index contributed by atoms with van der Waals surface area (Å²) < 4.78 is 0. The number of aromatic nitrogens is 1. The molecule has 0 saturated heterocycles. The van der Waals surface area contributed by atoms with Crippen molar-refractivity contribution in [1.82, 2.24) is 4.98 Å². The number of nitrogens with one attached hydrogen (secondary N) is 1. The Morgan fingerprint density at radius 3 is 2.76 bits per heavy atom. The highest BCUT2D eigenvalue weighted by Crippen LogP contribution is 2.28. The average Bonchev–Trinajstić information content (AvgIpc) is 2.78. The normalized spacial score (nSPS) is 9.94. The molecule has 0 aliphatic carbocycles. The summed E-state index contributed by atoms with van der Waals surface area (Å²) in [6.07, 6.45) is 2.99. The average molecular weight is 244 g/mol. The summed E-state index contributed by atoms with van der Waals surface area (Å²) in [6.45, 7) is 5.44. The van der Waals surface area contributed by atoms with Crippen LogP contribution in [0.1, 0.15) is 5.56 Å². The lowest BCUT2D eigenvalue weighted by molar-refractivity contribution is -0.111. The molecule has 1 heterocycles. The first-order chi connectivity index (χ1) is 8.19. The number of amides is 1. The number of hydrogen-bond donors (Lipinski definition) is 1. The van der Waals surface area contributed by atoms with Crippen LogP contribution in [-0.4, -0.2) is 10.9 Å². The Bertz CT molecular complexity index is 543. The van der Waals surface area contributed by atoms with Gasteiger partial charge in [0, 0.05) is 6.20 Å². The number of carbonyl (C=O) groups is 1. The summed E-state index contributed by atoms with van der Waals surface area (Å²) in [5.74, 6) is -0.241. The van der Waals surface area contributed by atoms with Crippen LogP contribution < -0.4 is 5.32 Å². The van der Waals surface area contributed by atoms with Gasteiger partial charge in [-0.3, -0.25) is 10.1 Å². The van der Waals surface area contributed by atoms with Crippen LogP contribution in [0, 0.1) is 6.92 Å². The summed E-state index contributed by atoms with van der Waals surface area (Å²) in [5.41, 5.74) is 2.32. The molecule has 3 nitrogen and oxygen atoms in total. The molecular formula is C13H12N2OS. The first-order valence-corrected chi connectivity index (χ1v) is 5.97. The molecule has 0 fully saturated rings. The largest absolute Gasteiger partial charge is 0.298 e. The van der Waals surface area contributed by atoms with Crippen LogP contribution in [0.15, 0.2) is 43.1 Å². The summed E-state index contributed by atoms with van der Waals surface area (Å²) in [7, 11) is 0. The van der Waals surface area contributed by atoms with Crippen molar-refractivity contribution in [3.63, 3.8) is 0 Å². The third kappa shape index (κ3) is 2.79. The number of anilines is 1. The fraction of sp³-hybridized carbons (Fsp3) is 0.0769. The Kier molecular flexibility index (Phi) is 3.35. The molecule has 1 N–H and O–H groups in total. The van der Waals surface area contributed by atoms with Gasteiger partial charge in [0.05, 0.1) is 4.88 Å². The fourth-order valence-electron chi connectivity index (χ4n) is 1.34. The maximum atomic E-state index is 11.1. The van der Waals surface area contributed by atoms with Crippen molar-refractivity contribution in [2.24, 2.45) is 0 Å². The molecule has 0 bridgehead atoms. The Hall–Kier alpha value is -1.94. The van der Waals surface area contributed by atoms with Gasteiger partial charge in [-0.1, -0.05) is 47.7 Å². The number of thiazole rings is 1. The lowest BCUT2D eigenvalue weighted by Crippen LogP contribution is -2.06. The molecule has 0 atom stereocenters. The quantitative estimate of drug-likeness (QED) is 0.842. The predicted octanol–water partition coefficient (Wildman–Crippen LogP) is 3.24. The Morgan fingerprint density at radius 2 is 2.12 bits per heavy atom. The second-order valence-corrected chi connectivity index (χ2v) is 4.62. The molecule has 1 aromatic carbocycles. The number of carbonyl (C=O) groups excluding carboxylic acids is 1. The zero-order valence-corrected chi connectivity index (χ0v) is 10.3. The summed E-state index contributed by atoms with van der Waals surface area (Å²) in [5, 5.41) is 3.23. The standard InChI is InChI=1S/C13H12N2OS/c1-3-12(16)15-13-14-8-11(17-13)10-6-4-9(2)5-7-10/h3-8H,1H2,2H3,(H,14,15,16). The first-order valence-electron chi connectivity index (χ1n) is 5.15. The zero-order valence-electron chi connectivity index (χ0n) is 9.43. The molecule has 0 radical (unpaired) electrons. The van der Waals surface area contributed by atoms with E-state index in [4.69, 9.17) is 0 Å². The topological polar surface area (TPSA) is 42.0 Å². The van der Waals surface area contributed by atoms with E-state index in [-0.39, 0.29) is 5.91 Å². The van der Waals surface area contributed by atoms with Crippen LogP contribution in [-0.2, 0) is 4.79 Å². The van der Waals surface area contributed by atoms with Crippen LogP contribution in [0.2, 0.25) is 0 Å². The van der Waals surface area contributed by atoms with E-state index >= 15 is 0 Å². The monoisotopic (exact) mass is 244 g/mol. The molecule has 0 spiro atoms. The molecule has 4 heteroatoms. The second-order valence-electron chi connectivity index (χ2n) is 3.59. The Balaban J connectivity index is 2.20. The van der Waals surface area contributed by atoms with Gasteiger partial charge in [-0.15, -0.1) is 0 Å². The molecule has 2 rings (SSSR count). The van der Waals surface area contributed by atoms with Crippen molar-refractivity contribution in [2.45, 2.75) is 6.92 Å². The van der Waals surface area contributed by atoms with Gasteiger partial charge in [0.15, 0.2) is 5.13 Å². The van der Waals surface area contributed by atoms with E-state index < -0.39 is 0 Å². The summed E-state index contributed by atoms with van der Waals surface area (Å²) >= 11 is 1.44. The minimum Gasteiger partial charge on any atom is -0.298 e. The van der Waals surface area contributed by atoms with Gasteiger partial charge in [-0.05, 0) is 18.6 Å². The molecule has 0 saturated carbocycles. The van der Waals surface area contributed by atoms with E-state index in [9.17, 15) is 4.79 Å². The number of nitrogens with zero attached hydrogens (tertiary/aromatic N) is 1. The third-order valence-electron chi connectivity index (χ3n) is 2.26. The van der Waals surface area contributed by atoms with E-state index in [0.29, 0.717) is 5.13 Å². The maximum absolute atomic E-state index is 11.1. The minimum atomic E-state index is -0.241. The van der Waals surface area contributed by atoms with Crippen LogP contribution >= 0.6 is 11.3 Å². The van der Waals surface area contributed by atoms with Gasteiger partial charge < -0.3 is 0 Å². The van der Waals surface area contributed by atoms with Gasteiger partial charge >= 0.3 is 0 Å². The van der Waals surface area contributed by atoms with E-state index in [1.165, 1.54) is 23.0 Å². The smallest absolute Gasteiger partial charge is 0.249 e. The van der Waals surface area contributed by atoms with Crippen LogP contribution in [0.25, 0.3) is 10.4 Å². The molecule has 86 valence electrons. The van der Waals surface area contributed by atoms with Crippen molar-refractivity contribution in [1.29, 1.82) is 0 Å². The van der Waals surface area contributed by atoms with Crippen molar-refractivity contribution in [3.8, 4) is 10.4 Å². The lowest BCUT2D eigenvalue weighted by atomic mass is 10.1. The van der Waals surface area contributed by atoms with E-state index in [0.717, 1.165) is 10.4 Å². The Morgan fingerprint density at radius 1 is 1.41 bits per heavy atom. The molecular weight excluding hydrogens is 232 g/mol. The van der Waals surface area contributed by atoms with E-state index in [2.05, 4.69) is 29.0 Å². The van der Waals surface area contributed by atoms with Gasteiger partial charge in [-0.2, -0.15) is 0 Å². The van der Waals surface area contributed by atoms with E-state index in [1.807, 2.05) is 19.1 Å². The highest BCUT2D eigenvalue weighted by atomic mass is 32.1. The minimum absolute atomic E-state index is 0.241. The van der Waals surface area contributed by atoms with Crippen molar-refractivity contribution < 1.29 is 4.79 Å². The maximum Gasteiger partial charge on any atom is 0.249 e. The van der Waals surface area contributed by atoms with Crippen molar-refractivity contribution in [2.75, 3.05) is 5.32 Å². The number of benzene rings is 1. The van der Waals surface area contributed by atoms with Crippen molar-refractivity contribution >= 4 is 22.4 Å². The summed E-state index contributed by atoms with van der Waals surface area (Å²) in [6, 6.07) is 8.19. The van der Waals surface area contributed by atoms with Gasteiger partial charge in [0.2, 0.25) is 5.91 Å². The molecule has 0 aliphatic heterocycles.